The van der Waals surface area contributed by atoms with E-state index < -0.39 is 0 Å². The molecular formula is C11H8Cl. The molecule has 0 spiro atoms. The Morgan fingerprint density at radius 1 is 1.08 bits per heavy atom. The van der Waals surface area contributed by atoms with Gasteiger partial charge in [-0.3, -0.25) is 0 Å². The number of fused-ring (bicyclic) bond motifs is 1. The van der Waals surface area contributed by atoms with Crippen LogP contribution in [0.1, 0.15) is 5.56 Å². The quantitative estimate of drug-likeness (QED) is 0.573. The normalized spacial score (nSPS) is 10.5. The molecule has 0 heterocycles. The molecule has 0 aliphatic heterocycles. The Morgan fingerprint density at radius 3 is 2.75 bits per heavy atom. The van der Waals surface area contributed by atoms with Gasteiger partial charge in [-0.25, -0.2) is 0 Å². The largest absolute Gasteiger partial charge is 0.0837 e. The van der Waals surface area contributed by atoms with Crippen LogP contribution in [0.5, 0.6) is 0 Å². The van der Waals surface area contributed by atoms with Gasteiger partial charge in [-0.2, -0.15) is 0 Å². The summed E-state index contributed by atoms with van der Waals surface area (Å²) < 4.78 is 0. The van der Waals surface area contributed by atoms with E-state index in [0.717, 1.165) is 21.4 Å². The molecule has 12 heavy (non-hydrogen) atoms. The Hall–Kier alpha value is -1.01. The summed E-state index contributed by atoms with van der Waals surface area (Å²) in [7, 11) is 0. The number of benzene rings is 2. The zero-order valence-electron chi connectivity index (χ0n) is 6.55. The van der Waals surface area contributed by atoms with Gasteiger partial charge in [0.1, 0.15) is 0 Å². The van der Waals surface area contributed by atoms with Crippen molar-refractivity contribution >= 4 is 22.4 Å². The van der Waals surface area contributed by atoms with Crippen molar-refractivity contribution in [1.29, 1.82) is 0 Å². The third-order valence-electron chi connectivity index (χ3n) is 1.89. The van der Waals surface area contributed by atoms with E-state index in [1.165, 1.54) is 0 Å². The van der Waals surface area contributed by atoms with Gasteiger partial charge in [0.05, 0.1) is 0 Å². The van der Waals surface area contributed by atoms with Gasteiger partial charge in [-0.1, -0.05) is 35.9 Å². The van der Waals surface area contributed by atoms with Crippen LogP contribution in [0.25, 0.3) is 10.8 Å². The molecule has 0 aromatic heterocycles. The van der Waals surface area contributed by atoms with Crippen LogP contribution >= 0.6 is 11.6 Å². The Kier molecular flexibility index (Phi) is 1.78. The fourth-order valence-corrected chi connectivity index (χ4v) is 1.52. The van der Waals surface area contributed by atoms with Crippen LogP contribution in [0.15, 0.2) is 36.4 Å². The van der Waals surface area contributed by atoms with Gasteiger partial charge >= 0.3 is 0 Å². The van der Waals surface area contributed by atoms with E-state index in [1.807, 2.05) is 36.4 Å². The summed E-state index contributed by atoms with van der Waals surface area (Å²) in [6, 6.07) is 11.9. The highest BCUT2D eigenvalue weighted by Gasteiger charge is 1.96. The van der Waals surface area contributed by atoms with Crippen LogP contribution < -0.4 is 0 Å². The number of rotatable bonds is 0. The van der Waals surface area contributed by atoms with E-state index in [2.05, 4.69) is 6.92 Å². The van der Waals surface area contributed by atoms with Crippen molar-refractivity contribution in [3.8, 4) is 0 Å². The van der Waals surface area contributed by atoms with Crippen LogP contribution in [0, 0.1) is 6.92 Å². The van der Waals surface area contributed by atoms with Crippen LogP contribution in [0.4, 0.5) is 0 Å². The Bertz CT molecular complexity index is 418. The minimum atomic E-state index is 0.790. The molecule has 2 rings (SSSR count). The minimum Gasteiger partial charge on any atom is -0.0837 e. The van der Waals surface area contributed by atoms with Gasteiger partial charge < -0.3 is 0 Å². The van der Waals surface area contributed by atoms with Gasteiger partial charge in [0, 0.05) is 10.4 Å². The summed E-state index contributed by atoms with van der Waals surface area (Å²) in [5, 5.41) is 3.03. The van der Waals surface area contributed by atoms with Crippen molar-refractivity contribution in [3.63, 3.8) is 0 Å². The van der Waals surface area contributed by atoms with Crippen molar-refractivity contribution in [3.05, 3.63) is 53.9 Å². The SMILES string of the molecule is [CH2]c1ccc2cccc(Cl)c2c1. The highest BCUT2D eigenvalue weighted by molar-refractivity contribution is 6.35. The van der Waals surface area contributed by atoms with E-state index in [1.54, 1.807) is 0 Å². The number of hydrogen-bond donors (Lipinski definition) is 0. The van der Waals surface area contributed by atoms with E-state index in [4.69, 9.17) is 11.6 Å². The summed E-state index contributed by atoms with van der Waals surface area (Å²) >= 11 is 6.00. The Balaban J connectivity index is 2.88. The van der Waals surface area contributed by atoms with Crippen LogP contribution in [0.3, 0.4) is 0 Å². The maximum absolute atomic E-state index is 6.00. The first-order chi connectivity index (χ1) is 5.77. The first kappa shape index (κ1) is 7.63. The van der Waals surface area contributed by atoms with Gasteiger partial charge in [0.25, 0.3) is 0 Å². The van der Waals surface area contributed by atoms with Crippen molar-refractivity contribution in [1.82, 2.24) is 0 Å². The summed E-state index contributed by atoms with van der Waals surface area (Å²) in [6.45, 7) is 3.85. The fraction of sp³-hybridized carbons (Fsp3) is 0. The van der Waals surface area contributed by atoms with Crippen molar-refractivity contribution in [2.24, 2.45) is 0 Å². The summed E-state index contributed by atoms with van der Waals surface area (Å²) in [5.41, 5.74) is 0.996. The lowest BCUT2D eigenvalue weighted by Gasteiger charge is -2.00. The second-order valence-corrected chi connectivity index (χ2v) is 3.20. The standard InChI is InChI=1S/C11H8Cl/c1-8-5-6-9-3-2-4-11(12)10(9)7-8/h2-7H,1H2. The van der Waals surface area contributed by atoms with Crippen LogP contribution in [-0.4, -0.2) is 0 Å². The molecule has 0 saturated heterocycles. The average Bonchev–Trinajstić information content (AvgIpc) is 2.07. The lowest BCUT2D eigenvalue weighted by atomic mass is 10.1. The molecule has 0 fully saturated rings. The Morgan fingerprint density at radius 2 is 1.92 bits per heavy atom. The maximum Gasteiger partial charge on any atom is 0.0484 e. The van der Waals surface area contributed by atoms with Gasteiger partial charge in [-0.05, 0) is 30.0 Å². The molecule has 0 N–H and O–H groups in total. The molecule has 0 aliphatic rings. The van der Waals surface area contributed by atoms with Crippen molar-refractivity contribution < 1.29 is 0 Å². The van der Waals surface area contributed by atoms with E-state index in [9.17, 15) is 0 Å². The van der Waals surface area contributed by atoms with Crippen LogP contribution in [0.2, 0.25) is 5.02 Å². The first-order valence-corrected chi connectivity index (χ1v) is 4.15. The minimum absolute atomic E-state index is 0.790. The van der Waals surface area contributed by atoms with Crippen molar-refractivity contribution in [2.75, 3.05) is 0 Å². The molecule has 0 aliphatic carbocycles. The van der Waals surface area contributed by atoms with Gasteiger partial charge in [0.2, 0.25) is 0 Å². The monoisotopic (exact) mass is 175 g/mol. The molecule has 2 aromatic carbocycles. The molecule has 1 radical (unpaired) electrons. The molecule has 0 nitrogen and oxygen atoms in total. The molecule has 0 amide bonds. The fourth-order valence-electron chi connectivity index (χ4n) is 1.28. The predicted octanol–water partition coefficient (Wildman–Crippen LogP) is 3.68. The first-order valence-electron chi connectivity index (χ1n) is 3.77. The molecule has 59 valence electrons. The zero-order valence-corrected chi connectivity index (χ0v) is 7.31. The highest BCUT2D eigenvalue weighted by atomic mass is 35.5. The molecular weight excluding hydrogens is 168 g/mol. The smallest absolute Gasteiger partial charge is 0.0484 e. The number of halogens is 1. The van der Waals surface area contributed by atoms with E-state index in [-0.39, 0.29) is 0 Å². The van der Waals surface area contributed by atoms with E-state index in [0.29, 0.717) is 0 Å². The zero-order chi connectivity index (χ0) is 8.55. The van der Waals surface area contributed by atoms with Gasteiger partial charge in [0.15, 0.2) is 0 Å². The highest BCUT2D eigenvalue weighted by Crippen LogP contribution is 2.23. The van der Waals surface area contributed by atoms with Gasteiger partial charge in [-0.15, -0.1) is 0 Å². The Labute approximate surface area is 76.8 Å². The second-order valence-electron chi connectivity index (χ2n) is 2.80. The molecule has 2 aromatic rings. The maximum atomic E-state index is 6.00. The molecule has 0 unspecified atom stereocenters. The molecule has 1 heteroatoms. The van der Waals surface area contributed by atoms with Crippen molar-refractivity contribution in [2.45, 2.75) is 0 Å². The second kappa shape index (κ2) is 2.80. The topological polar surface area (TPSA) is 0 Å². The molecule has 0 bridgehead atoms. The lowest BCUT2D eigenvalue weighted by molar-refractivity contribution is 1.66. The summed E-state index contributed by atoms with van der Waals surface area (Å²) in [5.74, 6) is 0. The van der Waals surface area contributed by atoms with Crippen LogP contribution in [-0.2, 0) is 0 Å². The lowest BCUT2D eigenvalue weighted by Crippen LogP contribution is -1.75. The van der Waals surface area contributed by atoms with E-state index >= 15 is 0 Å². The third-order valence-corrected chi connectivity index (χ3v) is 2.22. The number of hydrogen-bond acceptors (Lipinski definition) is 0. The molecule has 0 saturated carbocycles. The predicted molar refractivity (Wildman–Crippen MR) is 53.4 cm³/mol. The summed E-state index contributed by atoms with van der Waals surface area (Å²) in [6.07, 6.45) is 0. The summed E-state index contributed by atoms with van der Waals surface area (Å²) in [4.78, 5) is 0. The molecule has 0 atom stereocenters. The third kappa shape index (κ3) is 1.19. The average molecular weight is 176 g/mol.